The molecule has 0 aliphatic heterocycles. The molecule has 5 N–H and O–H groups in total. The molecule has 0 heterocycles. The molecule has 0 aliphatic rings. The van der Waals surface area contributed by atoms with Gasteiger partial charge in [0, 0.05) is 6.42 Å². The molecule has 0 amide bonds. The molecule has 132 valence electrons. The monoisotopic (exact) mass is 317 g/mol. The lowest BCUT2D eigenvalue weighted by Gasteiger charge is -2.05. The van der Waals surface area contributed by atoms with Crippen molar-refractivity contribution < 1.29 is 19.7 Å². The number of unbranched alkanes of at least 4 members (excludes halogenated alkanes) is 9. The SMILES string of the molecule is CCCCCCCCCCCCC(O)=C(O)C(=O)OCC.N. The third-order valence-electron chi connectivity index (χ3n) is 3.51. The second kappa shape index (κ2) is 16.1. The average molecular weight is 317 g/mol. The van der Waals surface area contributed by atoms with Crippen LogP contribution in [-0.2, 0) is 9.53 Å². The first kappa shape index (κ1) is 23.0. The Morgan fingerprint density at radius 1 is 0.818 bits per heavy atom. The number of ether oxygens (including phenoxy) is 1. The van der Waals surface area contributed by atoms with E-state index in [1.54, 1.807) is 6.92 Å². The van der Waals surface area contributed by atoms with Gasteiger partial charge in [0.05, 0.1) is 6.61 Å². The van der Waals surface area contributed by atoms with Crippen molar-refractivity contribution in [1.82, 2.24) is 6.15 Å². The third-order valence-corrected chi connectivity index (χ3v) is 3.51. The Balaban J connectivity index is 0. The van der Waals surface area contributed by atoms with Gasteiger partial charge in [0.25, 0.3) is 0 Å². The summed E-state index contributed by atoms with van der Waals surface area (Å²) in [6.07, 6.45) is 12.4. The summed E-state index contributed by atoms with van der Waals surface area (Å²) < 4.78 is 4.62. The van der Waals surface area contributed by atoms with E-state index < -0.39 is 11.7 Å². The predicted octanol–water partition coefficient (Wildman–Crippen LogP) is 5.35. The van der Waals surface area contributed by atoms with Crippen molar-refractivity contribution >= 4 is 5.97 Å². The normalized spacial score (nSPS) is 11.5. The molecule has 0 fully saturated rings. The van der Waals surface area contributed by atoms with Crippen molar-refractivity contribution in [2.45, 2.75) is 84.5 Å². The molecule has 0 atom stereocenters. The van der Waals surface area contributed by atoms with Gasteiger partial charge < -0.3 is 21.1 Å². The third kappa shape index (κ3) is 12.5. The molecule has 0 bridgehead atoms. The molecule has 22 heavy (non-hydrogen) atoms. The molecule has 0 unspecified atom stereocenters. The van der Waals surface area contributed by atoms with Gasteiger partial charge in [-0.05, 0) is 13.3 Å². The highest BCUT2D eigenvalue weighted by molar-refractivity contribution is 5.86. The van der Waals surface area contributed by atoms with E-state index in [0.29, 0.717) is 6.42 Å². The lowest BCUT2D eigenvalue weighted by molar-refractivity contribution is -0.141. The standard InChI is InChI=1S/C17H32O4.H3N/c1-3-5-6-7-8-9-10-11-12-13-14-15(18)16(19)17(20)21-4-2;/h18-19H,3-14H2,1-2H3;1H3. The molecule has 0 aliphatic carbocycles. The summed E-state index contributed by atoms with van der Waals surface area (Å²) in [5, 5.41) is 19.0. The van der Waals surface area contributed by atoms with Crippen LogP contribution < -0.4 is 6.15 Å². The van der Waals surface area contributed by atoms with Crippen LogP contribution in [0.4, 0.5) is 0 Å². The molecule has 0 radical (unpaired) electrons. The van der Waals surface area contributed by atoms with Crippen LogP contribution in [0.5, 0.6) is 0 Å². The van der Waals surface area contributed by atoms with Crippen molar-refractivity contribution in [3.8, 4) is 0 Å². The Kier molecular flexibility index (Phi) is 16.9. The van der Waals surface area contributed by atoms with Crippen molar-refractivity contribution in [2.24, 2.45) is 0 Å². The summed E-state index contributed by atoms with van der Waals surface area (Å²) in [4.78, 5) is 11.2. The maximum atomic E-state index is 11.2. The van der Waals surface area contributed by atoms with Gasteiger partial charge in [0.2, 0.25) is 5.76 Å². The molecule has 0 saturated carbocycles. The first-order valence-corrected chi connectivity index (χ1v) is 8.41. The molecule has 0 aromatic rings. The Bertz CT molecular complexity index is 303. The highest BCUT2D eigenvalue weighted by Gasteiger charge is 2.14. The summed E-state index contributed by atoms with van der Waals surface area (Å²) in [7, 11) is 0. The van der Waals surface area contributed by atoms with Gasteiger partial charge in [-0.2, -0.15) is 0 Å². The topological polar surface area (TPSA) is 102 Å². The van der Waals surface area contributed by atoms with Gasteiger partial charge >= 0.3 is 5.97 Å². The number of carbonyl (C=O) groups excluding carboxylic acids is 1. The number of hydrogen-bond donors (Lipinski definition) is 3. The molecule has 5 nitrogen and oxygen atoms in total. The van der Waals surface area contributed by atoms with E-state index in [2.05, 4.69) is 11.7 Å². The minimum Gasteiger partial charge on any atom is -0.508 e. The molecule has 0 spiro atoms. The van der Waals surface area contributed by atoms with Gasteiger partial charge in [0.1, 0.15) is 5.76 Å². The minimum atomic E-state index is -0.845. The maximum absolute atomic E-state index is 11.2. The van der Waals surface area contributed by atoms with Crippen LogP contribution in [0.15, 0.2) is 11.5 Å². The van der Waals surface area contributed by atoms with Crippen molar-refractivity contribution in [3.63, 3.8) is 0 Å². The molecule has 5 heteroatoms. The second-order valence-corrected chi connectivity index (χ2v) is 5.45. The molecule has 0 rings (SSSR count). The average Bonchev–Trinajstić information content (AvgIpc) is 2.48. The summed E-state index contributed by atoms with van der Waals surface area (Å²) in [6.45, 7) is 4.07. The first-order chi connectivity index (χ1) is 10.1. The maximum Gasteiger partial charge on any atom is 0.376 e. The largest absolute Gasteiger partial charge is 0.508 e. The smallest absolute Gasteiger partial charge is 0.376 e. The van der Waals surface area contributed by atoms with Gasteiger partial charge in [-0.3, -0.25) is 0 Å². The summed E-state index contributed by atoms with van der Waals surface area (Å²) in [5.74, 6) is -1.75. The van der Waals surface area contributed by atoms with E-state index in [1.807, 2.05) is 0 Å². The number of esters is 1. The van der Waals surface area contributed by atoms with Crippen molar-refractivity contribution in [2.75, 3.05) is 6.61 Å². The van der Waals surface area contributed by atoms with E-state index in [4.69, 9.17) is 0 Å². The Morgan fingerprint density at radius 3 is 1.73 bits per heavy atom. The highest BCUT2D eigenvalue weighted by Crippen LogP contribution is 2.14. The minimum absolute atomic E-state index is 0. The fourth-order valence-corrected chi connectivity index (χ4v) is 2.22. The summed E-state index contributed by atoms with van der Waals surface area (Å²) in [5.41, 5.74) is 0. The van der Waals surface area contributed by atoms with Crippen molar-refractivity contribution in [1.29, 1.82) is 0 Å². The summed E-state index contributed by atoms with van der Waals surface area (Å²) >= 11 is 0. The van der Waals surface area contributed by atoms with Gasteiger partial charge in [-0.1, -0.05) is 64.7 Å². The van der Waals surface area contributed by atoms with Gasteiger partial charge in [-0.25, -0.2) is 4.79 Å². The predicted molar refractivity (Wildman–Crippen MR) is 90.4 cm³/mol. The zero-order chi connectivity index (χ0) is 15.9. The van der Waals surface area contributed by atoms with Gasteiger partial charge in [-0.15, -0.1) is 0 Å². The second-order valence-electron chi connectivity index (χ2n) is 5.45. The Labute approximate surface area is 135 Å². The number of allylic oxidation sites excluding steroid dienone is 1. The number of carbonyl (C=O) groups is 1. The molecule has 0 saturated heterocycles. The quantitative estimate of drug-likeness (QED) is 0.184. The summed E-state index contributed by atoms with van der Waals surface area (Å²) in [6, 6.07) is 0. The van der Waals surface area contributed by atoms with Crippen LogP contribution in [0.1, 0.15) is 84.5 Å². The fourth-order valence-electron chi connectivity index (χ4n) is 2.22. The lowest BCUT2D eigenvalue weighted by atomic mass is 10.1. The van der Waals surface area contributed by atoms with E-state index in [9.17, 15) is 15.0 Å². The first-order valence-electron chi connectivity index (χ1n) is 8.41. The van der Waals surface area contributed by atoms with Crippen LogP contribution in [0, 0.1) is 0 Å². The highest BCUT2D eigenvalue weighted by atomic mass is 16.5. The van der Waals surface area contributed by atoms with Gasteiger partial charge in [0.15, 0.2) is 0 Å². The number of aliphatic hydroxyl groups is 2. The number of aliphatic hydroxyl groups excluding tert-OH is 2. The number of rotatable bonds is 13. The van der Waals surface area contributed by atoms with Crippen LogP contribution in [0.25, 0.3) is 0 Å². The van der Waals surface area contributed by atoms with Crippen LogP contribution in [0.3, 0.4) is 0 Å². The van der Waals surface area contributed by atoms with E-state index in [0.717, 1.165) is 19.3 Å². The van der Waals surface area contributed by atoms with E-state index >= 15 is 0 Å². The van der Waals surface area contributed by atoms with Crippen LogP contribution >= 0.6 is 0 Å². The van der Waals surface area contributed by atoms with Crippen LogP contribution in [-0.4, -0.2) is 22.8 Å². The molecular formula is C17H35NO4. The lowest BCUT2D eigenvalue weighted by Crippen LogP contribution is -2.09. The molecule has 0 aromatic carbocycles. The number of hydrogen-bond acceptors (Lipinski definition) is 5. The zero-order valence-corrected chi connectivity index (χ0v) is 14.4. The Hall–Kier alpha value is -1.23. The molecule has 0 aromatic heterocycles. The molecular weight excluding hydrogens is 282 g/mol. The zero-order valence-electron chi connectivity index (χ0n) is 14.4. The van der Waals surface area contributed by atoms with E-state index in [1.165, 1.54) is 44.9 Å². The Morgan fingerprint density at radius 2 is 1.27 bits per heavy atom. The van der Waals surface area contributed by atoms with Crippen molar-refractivity contribution in [3.05, 3.63) is 11.5 Å². The fraction of sp³-hybridized carbons (Fsp3) is 0.824. The van der Waals surface area contributed by atoms with E-state index in [-0.39, 0.29) is 18.5 Å². The van der Waals surface area contributed by atoms with Crippen LogP contribution in [0.2, 0.25) is 0 Å².